The Hall–Kier alpha value is -3.49. The molecule has 140 valence electrons. The Bertz CT molecular complexity index is 944. The van der Waals surface area contributed by atoms with E-state index in [0.717, 1.165) is 17.8 Å². The molecule has 3 aromatic rings. The molecule has 0 fully saturated rings. The molecule has 2 heterocycles. The van der Waals surface area contributed by atoms with E-state index in [1.165, 1.54) is 17.1 Å². The Balaban J connectivity index is 1.63. The molecular formula is C18H20N6O3. The molecule has 9 nitrogen and oxygen atoms in total. The smallest absolute Gasteiger partial charge is 0.307 e. The van der Waals surface area contributed by atoms with E-state index in [-0.39, 0.29) is 17.6 Å². The molecule has 0 bridgehead atoms. The Labute approximate surface area is 155 Å². The van der Waals surface area contributed by atoms with Gasteiger partial charge in [-0.3, -0.25) is 24.3 Å². The number of carbonyl (C=O) groups excluding carboxylic acids is 1. The number of hydrogen-bond acceptors (Lipinski definition) is 5. The average molecular weight is 368 g/mol. The van der Waals surface area contributed by atoms with E-state index < -0.39 is 4.92 Å². The lowest BCUT2D eigenvalue weighted by Crippen LogP contribution is -2.28. The number of nitrogens with one attached hydrogen (secondary N) is 1. The van der Waals surface area contributed by atoms with Gasteiger partial charge in [0.25, 0.3) is 5.91 Å². The summed E-state index contributed by atoms with van der Waals surface area (Å²) in [5.41, 5.74) is 2.33. The third-order valence-corrected chi connectivity index (χ3v) is 4.23. The van der Waals surface area contributed by atoms with Crippen LogP contribution in [0.25, 0.3) is 0 Å². The molecule has 0 aliphatic carbocycles. The SMILES string of the molecule is CCn1nccc1C(C)NC(=O)c1ccc(Cn2cc([N+](=O)[O-])cn2)cc1. The predicted octanol–water partition coefficient (Wildman–Crippen LogP) is 2.55. The van der Waals surface area contributed by atoms with Crippen LogP contribution in [0.3, 0.4) is 0 Å². The first-order valence-corrected chi connectivity index (χ1v) is 8.56. The third kappa shape index (κ3) is 4.20. The highest BCUT2D eigenvalue weighted by Gasteiger charge is 2.15. The lowest BCUT2D eigenvalue weighted by molar-refractivity contribution is -0.385. The van der Waals surface area contributed by atoms with Gasteiger partial charge in [-0.15, -0.1) is 0 Å². The number of nitro groups is 1. The van der Waals surface area contributed by atoms with Crippen LogP contribution in [0.5, 0.6) is 0 Å². The number of nitrogens with zero attached hydrogens (tertiary/aromatic N) is 5. The lowest BCUT2D eigenvalue weighted by atomic mass is 10.1. The summed E-state index contributed by atoms with van der Waals surface area (Å²) in [7, 11) is 0. The number of benzene rings is 1. The topological polar surface area (TPSA) is 108 Å². The second-order valence-electron chi connectivity index (χ2n) is 6.12. The fraction of sp³-hybridized carbons (Fsp3) is 0.278. The molecule has 0 spiro atoms. The maximum absolute atomic E-state index is 12.5. The molecule has 9 heteroatoms. The highest BCUT2D eigenvalue weighted by Crippen LogP contribution is 2.14. The van der Waals surface area contributed by atoms with Gasteiger partial charge >= 0.3 is 5.69 Å². The van der Waals surface area contributed by atoms with Gasteiger partial charge in [0.15, 0.2) is 0 Å². The van der Waals surface area contributed by atoms with Crippen LogP contribution >= 0.6 is 0 Å². The van der Waals surface area contributed by atoms with Gasteiger partial charge in [-0.05, 0) is 37.6 Å². The molecule has 0 saturated carbocycles. The highest BCUT2D eigenvalue weighted by molar-refractivity contribution is 5.94. The minimum absolute atomic E-state index is 0.0497. The third-order valence-electron chi connectivity index (χ3n) is 4.23. The van der Waals surface area contributed by atoms with Gasteiger partial charge in [-0.2, -0.15) is 10.2 Å². The zero-order chi connectivity index (χ0) is 19.4. The summed E-state index contributed by atoms with van der Waals surface area (Å²) in [5.74, 6) is -0.173. The largest absolute Gasteiger partial charge is 0.344 e. The van der Waals surface area contributed by atoms with Crippen LogP contribution in [0.1, 0.15) is 41.5 Å². The zero-order valence-corrected chi connectivity index (χ0v) is 15.1. The van der Waals surface area contributed by atoms with E-state index in [4.69, 9.17) is 0 Å². The normalized spacial score (nSPS) is 11.9. The van der Waals surface area contributed by atoms with Crippen molar-refractivity contribution < 1.29 is 9.72 Å². The number of aromatic nitrogens is 4. The summed E-state index contributed by atoms with van der Waals surface area (Å²) >= 11 is 0. The van der Waals surface area contributed by atoms with Crippen molar-refractivity contribution in [1.29, 1.82) is 0 Å². The molecule has 2 aromatic heterocycles. The van der Waals surface area contributed by atoms with Gasteiger partial charge in [-0.25, -0.2) is 0 Å². The van der Waals surface area contributed by atoms with Gasteiger partial charge in [0, 0.05) is 18.3 Å². The Morgan fingerprint density at radius 3 is 2.63 bits per heavy atom. The summed E-state index contributed by atoms with van der Waals surface area (Å²) in [5, 5.41) is 21.8. The van der Waals surface area contributed by atoms with Crippen molar-refractivity contribution in [2.24, 2.45) is 0 Å². The zero-order valence-electron chi connectivity index (χ0n) is 15.1. The maximum atomic E-state index is 12.5. The van der Waals surface area contributed by atoms with Gasteiger partial charge in [0.05, 0.1) is 23.2 Å². The number of hydrogen-bond donors (Lipinski definition) is 1. The Kier molecular flexibility index (Phi) is 5.30. The fourth-order valence-electron chi connectivity index (χ4n) is 2.81. The van der Waals surface area contributed by atoms with Crippen LogP contribution in [0.2, 0.25) is 0 Å². The van der Waals surface area contributed by atoms with Gasteiger partial charge in [-0.1, -0.05) is 12.1 Å². The lowest BCUT2D eigenvalue weighted by Gasteiger charge is -2.15. The van der Waals surface area contributed by atoms with Crippen molar-refractivity contribution in [2.75, 3.05) is 0 Å². The van der Waals surface area contributed by atoms with Crippen LogP contribution in [0.4, 0.5) is 5.69 Å². The molecule has 1 aromatic carbocycles. The molecule has 27 heavy (non-hydrogen) atoms. The average Bonchev–Trinajstić information content (AvgIpc) is 3.31. The molecule has 0 saturated heterocycles. The molecular weight excluding hydrogens is 348 g/mol. The number of rotatable bonds is 7. The van der Waals surface area contributed by atoms with Crippen LogP contribution in [0, 0.1) is 10.1 Å². The first kappa shape index (κ1) is 18.3. The second kappa shape index (κ2) is 7.81. The van der Waals surface area contributed by atoms with Crippen molar-refractivity contribution in [1.82, 2.24) is 24.9 Å². The van der Waals surface area contributed by atoms with Crippen molar-refractivity contribution >= 4 is 11.6 Å². The Morgan fingerprint density at radius 2 is 2.00 bits per heavy atom. The summed E-state index contributed by atoms with van der Waals surface area (Å²) in [4.78, 5) is 22.7. The van der Waals surface area contributed by atoms with Crippen molar-refractivity contribution in [3.05, 3.63) is 75.9 Å². The summed E-state index contributed by atoms with van der Waals surface area (Å²) in [6, 6.07) is 8.80. The molecule has 0 aliphatic heterocycles. The molecule has 1 N–H and O–H groups in total. The monoisotopic (exact) mass is 368 g/mol. The van der Waals surface area contributed by atoms with Crippen molar-refractivity contribution in [3.8, 4) is 0 Å². The van der Waals surface area contributed by atoms with E-state index in [0.29, 0.717) is 12.1 Å². The van der Waals surface area contributed by atoms with Gasteiger partial charge in [0.2, 0.25) is 0 Å². The summed E-state index contributed by atoms with van der Waals surface area (Å²) < 4.78 is 3.33. The first-order valence-electron chi connectivity index (χ1n) is 8.56. The summed E-state index contributed by atoms with van der Waals surface area (Å²) in [6.45, 7) is 5.04. The highest BCUT2D eigenvalue weighted by atomic mass is 16.6. The number of aryl methyl sites for hydroxylation is 1. The fourth-order valence-corrected chi connectivity index (χ4v) is 2.81. The predicted molar refractivity (Wildman–Crippen MR) is 98.2 cm³/mol. The van der Waals surface area contributed by atoms with Crippen LogP contribution in [-0.4, -0.2) is 30.4 Å². The second-order valence-corrected chi connectivity index (χ2v) is 6.12. The van der Waals surface area contributed by atoms with Crippen LogP contribution in [0.15, 0.2) is 48.9 Å². The molecule has 3 rings (SSSR count). The van der Waals surface area contributed by atoms with E-state index in [1.807, 2.05) is 36.7 Å². The van der Waals surface area contributed by atoms with Crippen molar-refractivity contribution in [3.63, 3.8) is 0 Å². The first-order chi connectivity index (χ1) is 13.0. The quantitative estimate of drug-likeness (QED) is 0.509. The molecule has 1 unspecified atom stereocenters. The van der Waals surface area contributed by atoms with E-state index in [1.54, 1.807) is 18.3 Å². The molecule has 0 aliphatic rings. The minimum atomic E-state index is -0.484. The molecule has 1 amide bonds. The molecule has 1 atom stereocenters. The van der Waals surface area contributed by atoms with E-state index in [9.17, 15) is 14.9 Å². The summed E-state index contributed by atoms with van der Waals surface area (Å²) in [6.07, 6.45) is 4.30. The minimum Gasteiger partial charge on any atom is -0.344 e. The van der Waals surface area contributed by atoms with Gasteiger partial charge < -0.3 is 5.32 Å². The molecule has 0 radical (unpaired) electrons. The maximum Gasteiger partial charge on any atom is 0.307 e. The van der Waals surface area contributed by atoms with Crippen LogP contribution in [-0.2, 0) is 13.1 Å². The Morgan fingerprint density at radius 1 is 1.26 bits per heavy atom. The van der Waals surface area contributed by atoms with E-state index >= 15 is 0 Å². The number of carbonyl (C=O) groups is 1. The standard InChI is InChI=1S/C18H20N6O3/c1-3-23-17(8-9-19-23)13(2)21-18(25)15-6-4-14(5-7-15)11-22-12-16(10-20-22)24(26)27/h4-10,12-13H,3,11H2,1-2H3,(H,21,25). The van der Waals surface area contributed by atoms with Crippen LogP contribution < -0.4 is 5.32 Å². The van der Waals surface area contributed by atoms with Gasteiger partial charge in [0.1, 0.15) is 12.4 Å². The number of amides is 1. The van der Waals surface area contributed by atoms with E-state index in [2.05, 4.69) is 15.5 Å². The van der Waals surface area contributed by atoms with Crippen molar-refractivity contribution in [2.45, 2.75) is 33.0 Å².